The van der Waals surface area contributed by atoms with Crippen LogP contribution >= 0.6 is 0 Å². The average molecular weight is 423 g/mol. The van der Waals surface area contributed by atoms with Crippen LogP contribution < -0.4 is 9.47 Å². The molecule has 2 aliphatic rings. The minimum absolute atomic E-state index is 0.0569. The molecule has 2 atom stereocenters. The van der Waals surface area contributed by atoms with Gasteiger partial charge in [-0.25, -0.2) is 0 Å². The third-order valence-corrected chi connectivity index (χ3v) is 5.73. The molecule has 7 heteroatoms. The molecular weight excluding hydrogens is 398 g/mol. The Morgan fingerprint density at radius 2 is 1.84 bits per heavy atom. The van der Waals surface area contributed by atoms with E-state index in [-0.39, 0.29) is 24.0 Å². The van der Waals surface area contributed by atoms with E-state index in [1.165, 1.54) is 19.1 Å². The van der Waals surface area contributed by atoms with Crippen LogP contribution in [0.1, 0.15) is 30.0 Å². The number of methoxy groups -OCH3 is 2. The maximum Gasteiger partial charge on any atom is 0.295 e. The molecule has 162 valence electrons. The summed E-state index contributed by atoms with van der Waals surface area (Å²) in [5, 5.41) is 11.0. The maximum atomic E-state index is 13.1. The van der Waals surface area contributed by atoms with Crippen molar-refractivity contribution in [1.82, 2.24) is 4.90 Å². The third kappa shape index (κ3) is 3.88. The first-order valence-electron chi connectivity index (χ1n) is 10.2. The number of likely N-dealkylation sites (tertiary alicyclic amines) is 1. The predicted molar refractivity (Wildman–Crippen MR) is 114 cm³/mol. The van der Waals surface area contributed by atoms with Crippen LogP contribution in [0.25, 0.3) is 5.76 Å². The first kappa shape index (κ1) is 20.9. The molecular formula is C24H25NO6. The minimum Gasteiger partial charge on any atom is -0.507 e. The number of carbonyl (C=O) groups is 2. The van der Waals surface area contributed by atoms with Crippen molar-refractivity contribution >= 4 is 17.4 Å². The van der Waals surface area contributed by atoms with Gasteiger partial charge in [0.2, 0.25) is 0 Å². The summed E-state index contributed by atoms with van der Waals surface area (Å²) in [6.45, 7) is 0.911. The predicted octanol–water partition coefficient (Wildman–Crippen LogP) is 3.30. The van der Waals surface area contributed by atoms with E-state index in [0.717, 1.165) is 12.8 Å². The summed E-state index contributed by atoms with van der Waals surface area (Å²) >= 11 is 0. The second-order valence-electron chi connectivity index (χ2n) is 7.57. The molecule has 1 N–H and O–H groups in total. The van der Waals surface area contributed by atoms with Crippen LogP contribution in [0.5, 0.6) is 11.5 Å². The van der Waals surface area contributed by atoms with Gasteiger partial charge in [-0.3, -0.25) is 9.59 Å². The molecule has 2 aliphatic heterocycles. The van der Waals surface area contributed by atoms with Crippen molar-refractivity contribution in [3.63, 3.8) is 0 Å². The zero-order chi connectivity index (χ0) is 22.0. The number of carbonyl (C=O) groups excluding carboxylic acids is 2. The molecule has 0 saturated carbocycles. The van der Waals surface area contributed by atoms with Crippen molar-refractivity contribution in [1.29, 1.82) is 0 Å². The first-order chi connectivity index (χ1) is 15.0. The Labute approximate surface area is 180 Å². The molecule has 31 heavy (non-hydrogen) atoms. The molecule has 0 aromatic heterocycles. The van der Waals surface area contributed by atoms with Crippen molar-refractivity contribution in [2.45, 2.75) is 25.0 Å². The van der Waals surface area contributed by atoms with Crippen molar-refractivity contribution < 1.29 is 28.9 Å². The number of aliphatic hydroxyl groups is 1. The fourth-order valence-electron chi connectivity index (χ4n) is 4.20. The number of ether oxygens (including phenoxy) is 3. The Hall–Kier alpha value is -3.32. The Morgan fingerprint density at radius 3 is 2.48 bits per heavy atom. The molecule has 0 aliphatic carbocycles. The molecule has 0 bridgehead atoms. The summed E-state index contributed by atoms with van der Waals surface area (Å²) in [6, 6.07) is 13.2. The second-order valence-corrected chi connectivity index (χ2v) is 7.57. The van der Waals surface area contributed by atoms with E-state index >= 15 is 0 Å². The third-order valence-electron chi connectivity index (χ3n) is 5.73. The smallest absolute Gasteiger partial charge is 0.295 e. The van der Waals surface area contributed by atoms with Gasteiger partial charge in [-0.05, 0) is 30.5 Å². The fourth-order valence-corrected chi connectivity index (χ4v) is 4.20. The molecule has 7 nitrogen and oxygen atoms in total. The monoisotopic (exact) mass is 423 g/mol. The number of rotatable bonds is 6. The lowest BCUT2D eigenvalue weighted by atomic mass is 9.95. The molecule has 2 heterocycles. The van der Waals surface area contributed by atoms with E-state index < -0.39 is 17.7 Å². The molecule has 0 radical (unpaired) electrons. The van der Waals surface area contributed by atoms with Gasteiger partial charge in [-0.15, -0.1) is 0 Å². The minimum atomic E-state index is -0.760. The van der Waals surface area contributed by atoms with E-state index in [9.17, 15) is 14.7 Å². The van der Waals surface area contributed by atoms with E-state index in [1.807, 2.05) is 6.07 Å². The van der Waals surface area contributed by atoms with Crippen LogP contribution in [0.4, 0.5) is 0 Å². The highest BCUT2D eigenvalue weighted by molar-refractivity contribution is 6.46. The summed E-state index contributed by atoms with van der Waals surface area (Å²) in [5.74, 6) is -0.548. The topological polar surface area (TPSA) is 85.3 Å². The lowest BCUT2D eigenvalue weighted by Crippen LogP contribution is -2.36. The van der Waals surface area contributed by atoms with Gasteiger partial charge >= 0.3 is 0 Å². The SMILES string of the molecule is COc1ccc([C@@H]2C(=C(O)c3ccccc3)C(=O)C(=O)N2C[C@H]2CCCO2)cc1OC. The van der Waals surface area contributed by atoms with E-state index in [0.29, 0.717) is 29.2 Å². The van der Waals surface area contributed by atoms with Crippen LogP contribution in [0.3, 0.4) is 0 Å². The largest absolute Gasteiger partial charge is 0.507 e. The molecule has 0 unspecified atom stereocenters. The molecule has 1 amide bonds. The standard InChI is InChI=1S/C24H25NO6/c1-29-18-11-10-16(13-19(18)30-2)21-20(22(26)15-7-4-3-5-8-15)23(27)24(28)25(21)14-17-9-6-12-31-17/h3-5,7-8,10-11,13,17,21,26H,6,9,12,14H2,1-2H3/t17-,21-/m1/s1. The highest BCUT2D eigenvalue weighted by atomic mass is 16.5. The number of ketones is 1. The van der Waals surface area contributed by atoms with E-state index in [4.69, 9.17) is 14.2 Å². The van der Waals surface area contributed by atoms with Gasteiger partial charge in [0.15, 0.2) is 11.5 Å². The van der Waals surface area contributed by atoms with Crippen molar-refractivity contribution in [3.8, 4) is 11.5 Å². The van der Waals surface area contributed by atoms with Crippen LogP contribution in [0, 0.1) is 0 Å². The highest BCUT2D eigenvalue weighted by Crippen LogP contribution is 2.42. The average Bonchev–Trinajstić information content (AvgIpc) is 3.41. The summed E-state index contributed by atoms with van der Waals surface area (Å²) in [5.41, 5.74) is 1.18. The van der Waals surface area contributed by atoms with Crippen LogP contribution in [-0.4, -0.2) is 55.2 Å². The zero-order valence-corrected chi connectivity index (χ0v) is 17.5. The summed E-state index contributed by atoms with van der Waals surface area (Å²) in [7, 11) is 3.06. The first-order valence-corrected chi connectivity index (χ1v) is 10.2. The number of hydrogen-bond donors (Lipinski definition) is 1. The Kier molecular flexibility index (Phi) is 5.95. The van der Waals surface area contributed by atoms with Gasteiger partial charge in [0.25, 0.3) is 11.7 Å². The summed E-state index contributed by atoms with van der Waals surface area (Å²) < 4.78 is 16.5. The van der Waals surface area contributed by atoms with Crippen LogP contribution in [0.15, 0.2) is 54.1 Å². The van der Waals surface area contributed by atoms with Gasteiger partial charge in [-0.2, -0.15) is 0 Å². The fraction of sp³-hybridized carbons (Fsp3) is 0.333. The van der Waals surface area contributed by atoms with Crippen molar-refractivity contribution in [2.75, 3.05) is 27.4 Å². The number of aliphatic hydroxyl groups excluding tert-OH is 1. The molecule has 2 aromatic rings. The number of nitrogens with zero attached hydrogens (tertiary/aromatic N) is 1. The van der Waals surface area contributed by atoms with Gasteiger partial charge in [0.05, 0.1) is 31.9 Å². The molecule has 2 fully saturated rings. The van der Waals surface area contributed by atoms with Crippen LogP contribution in [-0.2, 0) is 14.3 Å². The van der Waals surface area contributed by atoms with Gasteiger partial charge in [0, 0.05) is 18.7 Å². The quantitative estimate of drug-likeness (QED) is 0.436. The zero-order valence-electron chi connectivity index (χ0n) is 17.5. The molecule has 2 aromatic carbocycles. The molecule has 4 rings (SSSR count). The highest BCUT2D eigenvalue weighted by Gasteiger charge is 2.47. The Bertz CT molecular complexity index is 1010. The van der Waals surface area contributed by atoms with E-state index in [2.05, 4.69) is 0 Å². The Morgan fingerprint density at radius 1 is 1.10 bits per heavy atom. The number of benzene rings is 2. The summed E-state index contributed by atoms with van der Waals surface area (Å²) in [4.78, 5) is 27.6. The number of amides is 1. The molecule has 0 spiro atoms. The van der Waals surface area contributed by atoms with Crippen molar-refractivity contribution in [2.24, 2.45) is 0 Å². The van der Waals surface area contributed by atoms with Gasteiger partial charge in [-0.1, -0.05) is 36.4 Å². The lowest BCUT2D eigenvalue weighted by molar-refractivity contribution is -0.140. The Balaban J connectivity index is 1.85. The van der Waals surface area contributed by atoms with Crippen LogP contribution in [0.2, 0.25) is 0 Å². The van der Waals surface area contributed by atoms with Crippen molar-refractivity contribution in [3.05, 3.63) is 65.2 Å². The lowest BCUT2D eigenvalue weighted by Gasteiger charge is -2.28. The number of hydrogen-bond acceptors (Lipinski definition) is 6. The molecule has 2 saturated heterocycles. The number of Topliss-reactive ketones (excluding diaryl/α,β-unsaturated/α-hetero) is 1. The van der Waals surface area contributed by atoms with Gasteiger partial charge < -0.3 is 24.2 Å². The summed E-state index contributed by atoms with van der Waals surface area (Å²) in [6.07, 6.45) is 1.59. The normalized spacial score (nSPS) is 22.7. The second kappa shape index (κ2) is 8.81. The van der Waals surface area contributed by atoms with E-state index in [1.54, 1.807) is 42.5 Å². The maximum absolute atomic E-state index is 13.1. The van der Waals surface area contributed by atoms with Gasteiger partial charge in [0.1, 0.15) is 5.76 Å².